The zero-order valence-electron chi connectivity index (χ0n) is 9.19. The normalized spacial score (nSPS) is 21.8. The Morgan fingerprint density at radius 2 is 1.50 bits per heavy atom. The Morgan fingerprint density at radius 1 is 1.00 bits per heavy atom. The predicted molar refractivity (Wildman–Crippen MR) is 59.4 cm³/mol. The second-order valence-corrected chi connectivity index (χ2v) is 10.9. The van der Waals surface area contributed by atoms with Crippen LogP contribution in [0.3, 0.4) is 0 Å². The van der Waals surface area contributed by atoms with Crippen LogP contribution >= 0.6 is 0 Å². The predicted octanol–water partition coefficient (Wildman–Crippen LogP) is 4.44. The number of hydrogen-bond acceptors (Lipinski definition) is 0. The van der Waals surface area contributed by atoms with Crippen molar-refractivity contribution in [1.82, 2.24) is 0 Å². The van der Waals surface area contributed by atoms with E-state index < -0.39 is 8.07 Å². The summed E-state index contributed by atoms with van der Waals surface area (Å²) < 4.78 is 0. The van der Waals surface area contributed by atoms with E-state index in [2.05, 4.69) is 26.9 Å². The van der Waals surface area contributed by atoms with Gasteiger partial charge in [0.15, 0.2) is 0 Å². The van der Waals surface area contributed by atoms with Gasteiger partial charge in [0.25, 0.3) is 0 Å². The molecule has 1 heteroatoms. The molecule has 1 aliphatic rings. The lowest BCUT2D eigenvalue weighted by Crippen LogP contribution is -2.36. The molecule has 0 aromatic rings. The molecule has 0 N–H and O–H groups in total. The lowest BCUT2D eigenvalue weighted by atomic mass is 10.0. The van der Waals surface area contributed by atoms with Gasteiger partial charge in [0.2, 0.25) is 0 Å². The Kier molecular flexibility index (Phi) is 3.39. The zero-order valence-corrected chi connectivity index (χ0v) is 10.2. The molecular weight excluding hydrogens is 160 g/mol. The summed E-state index contributed by atoms with van der Waals surface area (Å²) in [6.07, 6.45) is 7.59. The van der Waals surface area contributed by atoms with Gasteiger partial charge >= 0.3 is 0 Å². The summed E-state index contributed by atoms with van der Waals surface area (Å²) in [6.45, 7) is 10.0. The van der Waals surface area contributed by atoms with Crippen LogP contribution in [0.4, 0.5) is 0 Å². The van der Waals surface area contributed by atoms with Crippen LogP contribution < -0.4 is 0 Å². The first kappa shape index (κ1) is 10.3. The van der Waals surface area contributed by atoms with Crippen LogP contribution in [0.1, 0.15) is 46.0 Å². The summed E-state index contributed by atoms with van der Waals surface area (Å²) in [5, 5.41) is 0. The van der Waals surface area contributed by atoms with Gasteiger partial charge < -0.3 is 0 Å². The molecule has 0 aromatic heterocycles. The molecular formula is C11H24Si. The largest absolute Gasteiger partial charge is 0.0690 e. The van der Waals surface area contributed by atoms with Crippen molar-refractivity contribution < 1.29 is 0 Å². The minimum atomic E-state index is -0.880. The van der Waals surface area contributed by atoms with Crippen molar-refractivity contribution >= 4 is 8.07 Å². The molecule has 0 radical (unpaired) electrons. The smallest absolute Gasteiger partial charge is 0.0530 e. The van der Waals surface area contributed by atoms with E-state index in [0.29, 0.717) is 0 Å². The highest BCUT2D eigenvalue weighted by Gasteiger charge is 2.34. The fourth-order valence-corrected chi connectivity index (χ4v) is 5.16. The SMILES string of the molecule is CC(C)[Si](C)(C)C1CCCCC1. The third-order valence-corrected chi connectivity index (χ3v) is 9.80. The van der Waals surface area contributed by atoms with Gasteiger partial charge in [-0.25, -0.2) is 0 Å². The summed E-state index contributed by atoms with van der Waals surface area (Å²) in [6, 6.07) is 0. The van der Waals surface area contributed by atoms with Crippen LogP contribution in [0, 0.1) is 0 Å². The fourth-order valence-electron chi connectivity index (χ4n) is 2.32. The molecule has 1 aliphatic carbocycles. The summed E-state index contributed by atoms with van der Waals surface area (Å²) in [7, 11) is -0.880. The second-order valence-electron chi connectivity index (χ2n) is 5.31. The third kappa shape index (κ3) is 2.12. The van der Waals surface area contributed by atoms with Crippen molar-refractivity contribution in [2.75, 3.05) is 0 Å². The maximum atomic E-state index is 2.59. The topological polar surface area (TPSA) is 0 Å². The molecule has 12 heavy (non-hydrogen) atoms. The monoisotopic (exact) mass is 184 g/mol. The van der Waals surface area contributed by atoms with Crippen LogP contribution in [-0.4, -0.2) is 8.07 Å². The molecule has 0 nitrogen and oxygen atoms in total. The summed E-state index contributed by atoms with van der Waals surface area (Å²) in [4.78, 5) is 0. The van der Waals surface area contributed by atoms with E-state index in [4.69, 9.17) is 0 Å². The molecule has 0 saturated heterocycles. The average Bonchev–Trinajstić information content (AvgIpc) is 2.06. The highest BCUT2D eigenvalue weighted by molar-refractivity contribution is 6.80. The Bertz CT molecular complexity index is 132. The van der Waals surface area contributed by atoms with Crippen molar-refractivity contribution in [3.05, 3.63) is 0 Å². The molecule has 0 heterocycles. The van der Waals surface area contributed by atoms with E-state index in [9.17, 15) is 0 Å². The molecule has 0 unspecified atom stereocenters. The van der Waals surface area contributed by atoms with E-state index in [0.717, 1.165) is 11.1 Å². The van der Waals surface area contributed by atoms with E-state index >= 15 is 0 Å². The van der Waals surface area contributed by atoms with Gasteiger partial charge in [0, 0.05) is 0 Å². The van der Waals surface area contributed by atoms with Crippen molar-refractivity contribution in [3.8, 4) is 0 Å². The van der Waals surface area contributed by atoms with Gasteiger partial charge in [-0.1, -0.05) is 64.6 Å². The Balaban J connectivity index is 2.53. The second kappa shape index (κ2) is 3.95. The third-order valence-electron chi connectivity index (χ3n) is 4.15. The van der Waals surface area contributed by atoms with Crippen molar-refractivity contribution in [2.45, 2.75) is 70.1 Å². The Hall–Kier alpha value is 0.217. The minimum absolute atomic E-state index is 0.880. The minimum Gasteiger partial charge on any atom is -0.0690 e. The first-order chi connectivity index (χ1) is 5.55. The van der Waals surface area contributed by atoms with Gasteiger partial charge in [0.1, 0.15) is 0 Å². The van der Waals surface area contributed by atoms with Crippen molar-refractivity contribution in [2.24, 2.45) is 0 Å². The van der Waals surface area contributed by atoms with E-state index in [1.54, 1.807) is 0 Å². The molecule has 0 aromatic carbocycles. The quantitative estimate of drug-likeness (QED) is 0.557. The van der Waals surface area contributed by atoms with Gasteiger partial charge in [-0.05, 0) is 5.54 Å². The van der Waals surface area contributed by atoms with E-state index in [-0.39, 0.29) is 0 Å². The molecule has 1 saturated carbocycles. The highest BCUT2D eigenvalue weighted by Crippen LogP contribution is 2.42. The molecule has 0 atom stereocenters. The maximum Gasteiger partial charge on any atom is 0.0530 e. The molecule has 72 valence electrons. The first-order valence-electron chi connectivity index (χ1n) is 5.55. The molecule has 0 aliphatic heterocycles. The number of rotatable bonds is 2. The average molecular weight is 184 g/mol. The van der Waals surface area contributed by atoms with Gasteiger partial charge in [-0.2, -0.15) is 0 Å². The molecule has 1 rings (SSSR count). The molecule has 1 fully saturated rings. The Labute approximate surface area is 78.8 Å². The standard InChI is InChI=1S/C11H24Si/c1-10(2)12(3,4)11-8-6-5-7-9-11/h10-11H,5-9H2,1-4H3. The van der Waals surface area contributed by atoms with E-state index in [1.807, 2.05) is 0 Å². The van der Waals surface area contributed by atoms with Crippen LogP contribution in [-0.2, 0) is 0 Å². The van der Waals surface area contributed by atoms with E-state index in [1.165, 1.54) is 32.1 Å². The van der Waals surface area contributed by atoms with Gasteiger partial charge in [-0.3, -0.25) is 0 Å². The highest BCUT2D eigenvalue weighted by atomic mass is 28.3. The molecule has 0 amide bonds. The van der Waals surface area contributed by atoms with Crippen molar-refractivity contribution in [1.29, 1.82) is 0 Å². The summed E-state index contributed by atoms with van der Waals surface area (Å²) in [5.41, 5.74) is 2.10. The Morgan fingerprint density at radius 3 is 1.92 bits per heavy atom. The maximum absolute atomic E-state index is 2.59. The van der Waals surface area contributed by atoms with Crippen molar-refractivity contribution in [3.63, 3.8) is 0 Å². The number of hydrogen-bond donors (Lipinski definition) is 0. The van der Waals surface area contributed by atoms with Crippen LogP contribution in [0.15, 0.2) is 0 Å². The van der Waals surface area contributed by atoms with Gasteiger partial charge in [-0.15, -0.1) is 0 Å². The lowest BCUT2D eigenvalue weighted by Gasteiger charge is -2.38. The summed E-state index contributed by atoms with van der Waals surface area (Å²) in [5.74, 6) is 0. The van der Waals surface area contributed by atoms with Crippen LogP contribution in [0.5, 0.6) is 0 Å². The summed E-state index contributed by atoms with van der Waals surface area (Å²) >= 11 is 0. The lowest BCUT2D eigenvalue weighted by molar-refractivity contribution is 0.488. The van der Waals surface area contributed by atoms with Gasteiger partial charge in [0.05, 0.1) is 8.07 Å². The van der Waals surface area contributed by atoms with Crippen LogP contribution in [0.25, 0.3) is 0 Å². The molecule has 0 spiro atoms. The first-order valence-corrected chi connectivity index (χ1v) is 8.70. The fraction of sp³-hybridized carbons (Fsp3) is 1.00. The van der Waals surface area contributed by atoms with Crippen LogP contribution in [0.2, 0.25) is 24.2 Å². The molecule has 0 bridgehead atoms. The zero-order chi connectivity index (χ0) is 9.19.